The van der Waals surface area contributed by atoms with E-state index in [2.05, 4.69) is 4.98 Å². The summed E-state index contributed by atoms with van der Waals surface area (Å²) in [5.41, 5.74) is 1.22. The predicted octanol–water partition coefficient (Wildman–Crippen LogP) is 3.00. The fourth-order valence-electron chi connectivity index (χ4n) is 2.01. The van der Waals surface area contributed by atoms with Crippen molar-refractivity contribution < 1.29 is 18.7 Å². The molecular formula is C14H8F2N2O2. The molecule has 20 heavy (non-hydrogen) atoms. The molecule has 0 saturated carbocycles. The first-order chi connectivity index (χ1) is 9.56. The Balaban J connectivity index is 2.20. The molecule has 0 aliphatic rings. The Morgan fingerprint density at radius 1 is 1.15 bits per heavy atom. The Kier molecular flexibility index (Phi) is 2.71. The van der Waals surface area contributed by atoms with Crippen molar-refractivity contribution in [1.82, 2.24) is 9.55 Å². The molecule has 0 amide bonds. The number of nitrogens with zero attached hydrogens (tertiary/aromatic N) is 2. The zero-order valence-corrected chi connectivity index (χ0v) is 10.0. The minimum atomic E-state index is -1.06. The number of imidazole rings is 1. The third kappa shape index (κ3) is 1.91. The largest absolute Gasteiger partial charge is 0.478 e. The van der Waals surface area contributed by atoms with E-state index < -0.39 is 17.6 Å². The van der Waals surface area contributed by atoms with E-state index in [1.54, 1.807) is 0 Å². The maximum absolute atomic E-state index is 13.8. The number of rotatable bonds is 2. The van der Waals surface area contributed by atoms with Crippen LogP contribution in [0.25, 0.3) is 16.7 Å². The fourth-order valence-corrected chi connectivity index (χ4v) is 2.01. The minimum absolute atomic E-state index is 0.0994. The van der Waals surface area contributed by atoms with Crippen molar-refractivity contribution in [2.45, 2.75) is 0 Å². The lowest BCUT2D eigenvalue weighted by molar-refractivity contribution is 0.0697. The maximum Gasteiger partial charge on any atom is 0.335 e. The van der Waals surface area contributed by atoms with Crippen LogP contribution >= 0.6 is 0 Å². The molecule has 0 spiro atoms. The lowest BCUT2D eigenvalue weighted by Crippen LogP contribution is -1.98. The number of carboxylic acid groups (broad SMARTS) is 1. The van der Waals surface area contributed by atoms with E-state index in [-0.39, 0.29) is 11.3 Å². The van der Waals surface area contributed by atoms with Gasteiger partial charge in [-0.3, -0.25) is 4.57 Å². The summed E-state index contributed by atoms with van der Waals surface area (Å²) in [7, 11) is 0. The van der Waals surface area contributed by atoms with Gasteiger partial charge >= 0.3 is 5.97 Å². The van der Waals surface area contributed by atoms with Gasteiger partial charge in [0.15, 0.2) is 0 Å². The van der Waals surface area contributed by atoms with Crippen LogP contribution in [0.5, 0.6) is 0 Å². The van der Waals surface area contributed by atoms with Gasteiger partial charge in [0.25, 0.3) is 0 Å². The van der Waals surface area contributed by atoms with Crippen molar-refractivity contribution in [3.63, 3.8) is 0 Å². The van der Waals surface area contributed by atoms with Gasteiger partial charge in [-0.2, -0.15) is 0 Å². The number of aromatic carboxylic acids is 1. The predicted molar refractivity (Wildman–Crippen MR) is 67.9 cm³/mol. The second kappa shape index (κ2) is 4.41. The van der Waals surface area contributed by atoms with Gasteiger partial charge < -0.3 is 5.11 Å². The van der Waals surface area contributed by atoms with E-state index in [4.69, 9.17) is 5.11 Å². The second-order valence-corrected chi connectivity index (χ2v) is 4.22. The summed E-state index contributed by atoms with van der Waals surface area (Å²) >= 11 is 0. The molecule has 0 aliphatic heterocycles. The van der Waals surface area contributed by atoms with Crippen LogP contribution in [-0.4, -0.2) is 20.6 Å². The molecule has 2 aromatic carbocycles. The van der Waals surface area contributed by atoms with Crippen molar-refractivity contribution in [2.24, 2.45) is 0 Å². The van der Waals surface area contributed by atoms with Gasteiger partial charge in [0, 0.05) is 6.07 Å². The molecule has 0 bridgehead atoms. The number of hydrogen-bond acceptors (Lipinski definition) is 2. The van der Waals surface area contributed by atoms with Crippen LogP contribution in [0, 0.1) is 11.6 Å². The molecule has 0 radical (unpaired) electrons. The fraction of sp³-hybridized carbons (Fsp3) is 0. The van der Waals surface area contributed by atoms with E-state index >= 15 is 0 Å². The number of aromatic nitrogens is 2. The molecule has 1 heterocycles. The third-order valence-corrected chi connectivity index (χ3v) is 2.96. The average molecular weight is 274 g/mol. The Hall–Kier alpha value is -2.76. The van der Waals surface area contributed by atoms with Gasteiger partial charge in [0.2, 0.25) is 0 Å². The normalized spacial score (nSPS) is 10.9. The quantitative estimate of drug-likeness (QED) is 0.781. The maximum atomic E-state index is 13.8. The van der Waals surface area contributed by atoms with Crippen molar-refractivity contribution in [1.29, 1.82) is 0 Å². The van der Waals surface area contributed by atoms with Crippen LogP contribution in [0.3, 0.4) is 0 Å². The molecule has 3 aromatic rings. The number of halogens is 2. The van der Waals surface area contributed by atoms with Crippen LogP contribution in [0.1, 0.15) is 10.4 Å². The van der Waals surface area contributed by atoms with Crippen molar-refractivity contribution in [2.75, 3.05) is 0 Å². The zero-order chi connectivity index (χ0) is 14.3. The van der Waals surface area contributed by atoms with Gasteiger partial charge in [0.1, 0.15) is 18.0 Å². The van der Waals surface area contributed by atoms with Crippen LogP contribution in [0.2, 0.25) is 0 Å². The topological polar surface area (TPSA) is 55.1 Å². The van der Waals surface area contributed by atoms with E-state index in [1.807, 2.05) is 0 Å². The summed E-state index contributed by atoms with van der Waals surface area (Å²) in [6, 6.07) is 7.58. The highest BCUT2D eigenvalue weighted by molar-refractivity contribution is 5.92. The number of fused-ring (bicyclic) bond motifs is 1. The highest BCUT2D eigenvalue weighted by atomic mass is 19.1. The Bertz CT molecular complexity index is 827. The smallest absolute Gasteiger partial charge is 0.335 e. The molecule has 0 atom stereocenters. The molecule has 100 valence electrons. The van der Waals surface area contributed by atoms with E-state index in [9.17, 15) is 13.6 Å². The van der Waals surface area contributed by atoms with Crippen LogP contribution < -0.4 is 0 Å². The lowest BCUT2D eigenvalue weighted by atomic mass is 10.2. The molecule has 6 heteroatoms. The summed E-state index contributed by atoms with van der Waals surface area (Å²) in [5, 5.41) is 8.91. The monoisotopic (exact) mass is 274 g/mol. The highest BCUT2D eigenvalue weighted by Gasteiger charge is 2.11. The Morgan fingerprint density at radius 2 is 1.95 bits per heavy atom. The second-order valence-electron chi connectivity index (χ2n) is 4.22. The molecule has 1 N–H and O–H groups in total. The Labute approximate surface area is 111 Å². The molecule has 0 aliphatic carbocycles. The van der Waals surface area contributed by atoms with Gasteiger partial charge in [-0.15, -0.1) is 0 Å². The first-order valence-electron chi connectivity index (χ1n) is 5.72. The van der Waals surface area contributed by atoms with Crippen LogP contribution in [0.15, 0.2) is 42.7 Å². The van der Waals surface area contributed by atoms with Gasteiger partial charge in [-0.05, 0) is 30.3 Å². The summed E-state index contributed by atoms with van der Waals surface area (Å²) in [6.07, 6.45) is 1.37. The molecule has 0 fully saturated rings. The zero-order valence-electron chi connectivity index (χ0n) is 10.0. The van der Waals surface area contributed by atoms with Crippen LogP contribution in [-0.2, 0) is 0 Å². The van der Waals surface area contributed by atoms with Crippen molar-refractivity contribution >= 4 is 17.0 Å². The lowest BCUT2D eigenvalue weighted by Gasteiger charge is -2.05. The highest BCUT2D eigenvalue weighted by Crippen LogP contribution is 2.22. The van der Waals surface area contributed by atoms with E-state index in [0.29, 0.717) is 11.0 Å². The van der Waals surface area contributed by atoms with Crippen molar-refractivity contribution in [3.05, 3.63) is 59.9 Å². The number of carboxylic acids is 1. The number of benzene rings is 2. The molecule has 4 nitrogen and oxygen atoms in total. The van der Waals surface area contributed by atoms with E-state index in [1.165, 1.54) is 35.2 Å². The standard InChI is InChI=1S/C14H8F2N2O2/c15-9-2-4-12(10(16)6-9)18-7-17-11-5-8(14(19)20)1-3-13(11)18/h1-7H,(H,19,20). The number of carbonyl (C=O) groups is 1. The third-order valence-electron chi connectivity index (χ3n) is 2.96. The average Bonchev–Trinajstić information content (AvgIpc) is 2.81. The summed E-state index contributed by atoms with van der Waals surface area (Å²) < 4.78 is 28.1. The molecular weight excluding hydrogens is 266 g/mol. The molecule has 0 unspecified atom stereocenters. The van der Waals surface area contributed by atoms with Gasteiger partial charge in [-0.25, -0.2) is 18.6 Å². The Morgan fingerprint density at radius 3 is 2.65 bits per heavy atom. The van der Waals surface area contributed by atoms with Gasteiger partial charge in [0.05, 0.1) is 22.3 Å². The SMILES string of the molecule is O=C(O)c1ccc2c(c1)ncn2-c1ccc(F)cc1F. The first kappa shape index (κ1) is 12.3. The molecule has 1 aromatic heterocycles. The molecule has 3 rings (SSSR count). The summed E-state index contributed by atoms with van der Waals surface area (Å²) in [4.78, 5) is 14.9. The minimum Gasteiger partial charge on any atom is -0.478 e. The van der Waals surface area contributed by atoms with Crippen molar-refractivity contribution in [3.8, 4) is 5.69 Å². The van der Waals surface area contributed by atoms with Crippen LogP contribution in [0.4, 0.5) is 8.78 Å². The van der Waals surface area contributed by atoms with E-state index in [0.717, 1.165) is 12.1 Å². The summed E-state index contributed by atoms with van der Waals surface area (Å²) in [6.45, 7) is 0. The number of hydrogen-bond donors (Lipinski definition) is 1. The first-order valence-corrected chi connectivity index (χ1v) is 5.72. The molecule has 0 saturated heterocycles. The van der Waals surface area contributed by atoms with Gasteiger partial charge in [-0.1, -0.05) is 0 Å². The summed E-state index contributed by atoms with van der Waals surface area (Å²) in [5.74, 6) is -2.44.